The van der Waals surface area contributed by atoms with Crippen molar-refractivity contribution in [2.24, 2.45) is 0 Å². The zero-order valence-corrected chi connectivity index (χ0v) is 18.4. The minimum atomic E-state index is -4.34. The zero-order valence-electron chi connectivity index (χ0n) is 17.6. The molecular formula is C22H23F3N4OS. The molecule has 4 rings (SSSR count). The Labute approximate surface area is 182 Å². The molecule has 0 atom stereocenters. The number of thiophene rings is 1. The Bertz CT molecular complexity index is 1130. The zero-order chi connectivity index (χ0) is 22.3. The topological polar surface area (TPSA) is 49.3 Å². The van der Waals surface area contributed by atoms with Crippen LogP contribution in [-0.2, 0) is 12.7 Å². The van der Waals surface area contributed by atoms with Crippen molar-refractivity contribution in [3.05, 3.63) is 57.4 Å². The smallest absolute Gasteiger partial charge is 0.335 e. The normalized spacial score (nSPS) is 15.6. The first-order chi connectivity index (χ1) is 14.6. The summed E-state index contributed by atoms with van der Waals surface area (Å²) in [5.41, 5.74) is 1.78. The standard InChI is InChI=1S/C22H23F3N4OS/c1-13-18-14(2)26-15(3)27-20(18)31-19(13)21(30)29-9-7-28(8-10-29)12-16-5-4-6-17(11-16)22(23,24)25/h4-6,11H,7-10,12H2,1-3H3. The van der Waals surface area contributed by atoms with Crippen molar-refractivity contribution in [2.75, 3.05) is 26.2 Å². The molecule has 5 nitrogen and oxygen atoms in total. The van der Waals surface area contributed by atoms with E-state index in [-0.39, 0.29) is 5.91 Å². The first-order valence-corrected chi connectivity index (χ1v) is 10.9. The first-order valence-electron chi connectivity index (χ1n) is 10.1. The van der Waals surface area contributed by atoms with Gasteiger partial charge in [0.15, 0.2) is 0 Å². The predicted octanol–water partition coefficient (Wildman–Crippen LogP) is 4.59. The number of piperazine rings is 1. The fraction of sp³-hybridized carbons (Fsp3) is 0.409. The van der Waals surface area contributed by atoms with Crippen molar-refractivity contribution in [1.82, 2.24) is 19.8 Å². The van der Waals surface area contributed by atoms with Crippen LogP contribution in [0.1, 0.15) is 37.9 Å². The lowest BCUT2D eigenvalue weighted by Gasteiger charge is -2.34. The van der Waals surface area contributed by atoms with Gasteiger partial charge < -0.3 is 4.90 Å². The summed E-state index contributed by atoms with van der Waals surface area (Å²) in [4.78, 5) is 27.4. The number of hydrogen-bond donors (Lipinski definition) is 0. The van der Waals surface area contributed by atoms with Gasteiger partial charge in [-0.05, 0) is 38.0 Å². The maximum atomic E-state index is 13.2. The Morgan fingerprint density at radius 1 is 1.10 bits per heavy atom. The Hall–Kier alpha value is -2.52. The quantitative estimate of drug-likeness (QED) is 0.588. The molecule has 1 amide bonds. The predicted molar refractivity (Wildman–Crippen MR) is 114 cm³/mol. The van der Waals surface area contributed by atoms with Gasteiger partial charge in [-0.25, -0.2) is 9.97 Å². The van der Waals surface area contributed by atoms with Crippen molar-refractivity contribution in [3.8, 4) is 0 Å². The highest BCUT2D eigenvalue weighted by molar-refractivity contribution is 7.20. The molecule has 3 heterocycles. The van der Waals surface area contributed by atoms with Gasteiger partial charge in [0.1, 0.15) is 10.7 Å². The highest BCUT2D eigenvalue weighted by atomic mass is 32.1. The largest absolute Gasteiger partial charge is 0.416 e. The molecule has 3 aromatic rings. The van der Waals surface area contributed by atoms with Crippen LogP contribution in [0, 0.1) is 20.8 Å². The fourth-order valence-electron chi connectivity index (χ4n) is 4.03. The van der Waals surface area contributed by atoms with E-state index in [9.17, 15) is 18.0 Å². The molecule has 0 unspecified atom stereocenters. The lowest BCUT2D eigenvalue weighted by Crippen LogP contribution is -2.48. The molecule has 1 saturated heterocycles. The molecule has 2 aromatic heterocycles. The Morgan fingerprint density at radius 3 is 2.48 bits per heavy atom. The van der Waals surface area contributed by atoms with Crippen molar-refractivity contribution in [1.29, 1.82) is 0 Å². The third-order valence-electron chi connectivity index (χ3n) is 5.60. The summed E-state index contributed by atoms with van der Waals surface area (Å²) in [5, 5.41) is 0.946. The third-order valence-corrected chi connectivity index (χ3v) is 6.77. The number of halogens is 3. The van der Waals surface area contributed by atoms with Crippen LogP contribution in [0.2, 0.25) is 0 Å². The Balaban J connectivity index is 1.44. The number of alkyl halides is 3. The minimum absolute atomic E-state index is 0.0173. The molecule has 1 aliphatic rings. The van der Waals surface area contributed by atoms with E-state index < -0.39 is 11.7 Å². The van der Waals surface area contributed by atoms with Crippen LogP contribution < -0.4 is 0 Å². The second-order valence-corrected chi connectivity index (χ2v) is 8.86. The van der Waals surface area contributed by atoms with Crippen LogP contribution in [0.25, 0.3) is 10.2 Å². The monoisotopic (exact) mass is 448 g/mol. The molecule has 164 valence electrons. The summed E-state index contributed by atoms with van der Waals surface area (Å²) < 4.78 is 38.8. The van der Waals surface area contributed by atoms with Crippen molar-refractivity contribution < 1.29 is 18.0 Å². The summed E-state index contributed by atoms with van der Waals surface area (Å²) in [6, 6.07) is 5.43. The number of aromatic nitrogens is 2. The number of carbonyl (C=O) groups is 1. The van der Waals surface area contributed by atoms with Crippen LogP contribution in [0.4, 0.5) is 13.2 Å². The summed E-state index contributed by atoms with van der Waals surface area (Å²) in [6.45, 7) is 8.44. The Kier molecular flexibility index (Phi) is 5.74. The number of carbonyl (C=O) groups excluding carboxylic acids is 1. The number of fused-ring (bicyclic) bond motifs is 1. The van der Waals surface area contributed by atoms with Gasteiger partial charge in [-0.3, -0.25) is 9.69 Å². The summed E-state index contributed by atoms with van der Waals surface area (Å²) in [7, 11) is 0. The van der Waals surface area contributed by atoms with E-state index in [1.807, 2.05) is 25.7 Å². The molecule has 0 bridgehead atoms. The number of hydrogen-bond acceptors (Lipinski definition) is 5. The van der Waals surface area contributed by atoms with E-state index >= 15 is 0 Å². The van der Waals surface area contributed by atoms with Gasteiger partial charge in [0.25, 0.3) is 5.91 Å². The number of rotatable bonds is 3. The molecule has 1 aliphatic heterocycles. The van der Waals surface area contributed by atoms with E-state index in [0.29, 0.717) is 49.0 Å². The molecule has 0 radical (unpaired) electrons. The molecule has 1 fully saturated rings. The maximum Gasteiger partial charge on any atom is 0.416 e. The van der Waals surface area contributed by atoms with Crippen molar-refractivity contribution in [3.63, 3.8) is 0 Å². The van der Waals surface area contributed by atoms with Crippen LogP contribution in [0.15, 0.2) is 24.3 Å². The van der Waals surface area contributed by atoms with Crippen LogP contribution in [0.5, 0.6) is 0 Å². The molecule has 31 heavy (non-hydrogen) atoms. The summed E-state index contributed by atoms with van der Waals surface area (Å²) >= 11 is 1.40. The molecule has 0 N–H and O–H groups in total. The van der Waals surface area contributed by atoms with Gasteiger partial charge >= 0.3 is 6.18 Å². The van der Waals surface area contributed by atoms with E-state index in [1.165, 1.54) is 23.5 Å². The number of amides is 1. The van der Waals surface area contributed by atoms with Crippen molar-refractivity contribution in [2.45, 2.75) is 33.5 Å². The van der Waals surface area contributed by atoms with Gasteiger partial charge in [0, 0.05) is 43.8 Å². The molecule has 1 aromatic carbocycles. The van der Waals surface area contributed by atoms with Gasteiger partial charge in [0.05, 0.1) is 10.4 Å². The average molecular weight is 449 g/mol. The van der Waals surface area contributed by atoms with Crippen LogP contribution >= 0.6 is 11.3 Å². The molecule has 0 aliphatic carbocycles. The van der Waals surface area contributed by atoms with E-state index in [2.05, 4.69) is 14.9 Å². The van der Waals surface area contributed by atoms with Gasteiger partial charge in [-0.2, -0.15) is 13.2 Å². The summed E-state index contributed by atoms with van der Waals surface area (Å²) in [6.07, 6.45) is -4.34. The number of aryl methyl sites for hydroxylation is 3. The van der Waals surface area contributed by atoms with E-state index in [4.69, 9.17) is 0 Å². The molecular weight excluding hydrogens is 425 g/mol. The van der Waals surface area contributed by atoms with E-state index in [0.717, 1.165) is 27.5 Å². The highest BCUT2D eigenvalue weighted by Gasteiger charge is 2.31. The maximum absolute atomic E-state index is 13.2. The van der Waals surface area contributed by atoms with E-state index in [1.54, 1.807) is 6.07 Å². The summed E-state index contributed by atoms with van der Waals surface area (Å²) in [5.74, 6) is 0.671. The second kappa shape index (κ2) is 8.20. The fourth-order valence-corrected chi connectivity index (χ4v) is 5.28. The van der Waals surface area contributed by atoms with Gasteiger partial charge in [0.2, 0.25) is 0 Å². The van der Waals surface area contributed by atoms with Crippen LogP contribution in [0.3, 0.4) is 0 Å². The minimum Gasteiger partial charge on any atom is -0.335 e. The second-order valence-electron chi connectivity index (χ2n) is 7.86. The van der Waals surface area contributed by atoms with Gasteiger partial charge in [-0.1, -0.05) is 18.2 Å². The Morgan fingerprint density at radius 2 is 1.81 bits per heavy atom. The highest BCUT2D eigenvalue weighted by Crippen LogP contribution is 2.33. The first kappa shape index (κ1) is 21.7. The third kappa shape index (κ3) is 4.43. The molecule has 0 spiro atoms. The lowest BCUT2D eigenvalue weighted by atomic mass is 10.1. The average Bonchev–Trinajstić information content (AvgIpc) is 3.04. The molecule has 9 heteroatoms. The lowest BCUT2D eigenvalue weighted by molar-refractivity contribution is -0.137. The van der Waals surface area contributed by atoms with Crippen molar-refractivity contribution >= 4 is 27.5 Å². The number of nitrogens with zero attached hydrogens (tertiary/aromatic N) is 4. The van der Waals surface area contributed by atoms with Crippen LogP contribution in [-0.4, -0.2) is 51.9 Å². The van der Waals surface area contributed by atoms with Gasteiger partial charge in [-0.15, -0.1) is 11.3 Å². The number of benzene rings is 1. The molecule has 0 saturated carbocycles. The SMILES string of the molecule is Cc1nc(C)c2c(C)c(C(=O)N3CCN(Cc4cccc(C(F)(F)F)c4)CC3)sc2n1.